The van der Waals surface area contributed by atoms with Crippen molar-refractivity contribution in [3.8, 4) is 0 Å². The van der Waals surface area contributed by atoms with Crippen LogP contribution in [0.25, 0.3) is 0 Å². The summed E-state index contributed by atoms with van der Waals surface area (Å²) in [5, 5.41) is 25.1. The van der Waals surface area contributed by atoms with Crippen LogP contribution in [0.15, 0.2) is 9.98 Å². The molecule has 43 heavy (non-hydrogen) atoms. The maximum Gasteiger partial charge on any atom is 0.407 e. The molecule has 0 radical (unpaired) electrons. The first-order valence-electron chi connectivity index (χ1n) is 13.2. The summed E-state index contributed by atoms with van der Waals surface area (Å²) in [4.78, 5) is 50.2. The zero-order valence-electron chi connectivity index (χ0n) is 24.1. The summed E-state index contributed by atoms with van der Waals surface area (Å²) >= 11 is 10.3. The maximum absolute atomic E-state index is 11.7. The van der Waals surface area contributed by atoms with Gasteiger partial charge in [-0.15, -0.1) is 70.6 Å². The Morgan fingerprint density at radius 2 is 1.02 bits per heavy atom. The van der Waals surface area contributed by atoms with Crippen LogP contribution in [0.5, 0.6) is 0 Å². The van der Waals surface area contributed by atoms with E-state index in [1.165, 1.54) is 12.8 Å². The second-order valence-electron chi connectivity index (χ2n) is 7.24. The molecule has 20 heteroatoms. The zero-order valence-corrected chi connectivity index (χ0v) is 29.0. The molecule has 0 bridgehead atoms. The molecule has 0 aliphatic heterocycles. The molecule has 0 aromatic heterocycles. The predicted octanol–water partition coefficient (Wildman–Crippen LogP) is 2.65. The number of alkyl carbamates (subject to hydrolysis) is 2. The van der Waals surface area contributed by atoms with Crippen molar-refractivity contribution >= 4 is 95.6 Å². The van der Waals surface area contributed by atoms with E-state index in [0.29, 0.717) is 39.4 Å². The Labute approximate surface area is 279 Å². The Morgan fingerprint density at radius 3 is 1.56 bits per heavy atom. The number of thioether (sulfide) groups is 6. The second kappa shape index (κ2) is 37.6. The minimum atomic E-state index is -0.510. The summed E-state index contributed by atoms with van der Waals surface area (Å²) in [6.07, 6.45) is 1.63. The Hall–Kier alpha value is -0.580. The van der Waals surface area contributed by atoms with E-state index in [-0.39, 0.29) is 26.4 Å². The first-order chi connectivity index (χ1) is 21.2. The van der Waals surface area contributed by atoms with Gasteiger partial charge in [-0.1, -0.05) is 0 Å². The third-order valence-corrected chi connectivity index (χ3v) is 10.7. The molecule has 0 spiro atoms. The normalized spacial score (nSPS) is 11.2. The van der Waals surface area contributed by atoms with Gasteiger partial charge in [0, 0.05) is 62.9 Å². The number of hydrogen-bond acceptors (Lipinski definition) is 18. The van der Waals surface area contributed by atoms with Crippen molar-refractivity contribution in [2.45, 2.75) is 0 Å². The average molecular weight is 729 g/mol. The van der Waals surface area contributed by atoms with Crippen molar-refractivity contribution < 1.29 is 48.8 Å². The molecule has 0 saturated heterocycles. The first-order valence-corrected chi connectivity index (χ1v) is 20.2. The van der Waals surface area contributed by atoms with Gasteiger partial charge in [-0.3, -0.25) is 9.98 Å². The standard InChI is InChI=1S/C23H44N4O10S6/c28-5-7-32-22(30)26-3-13-40-19-39-12-2-25-18-37-35-10-16-43-21-42-15-9-33-23(31)27-4-14-41-20-38-11-1-24-17-36-34-8-6-29/h17-18,28-29H,1-16,19-21H2,(H,26,30)(H,27,31)/b24-17+,25-18+. The van der Waals surface area contributed by atoms with Gasteiger partial charge in [0.2, 0.25) is 12.8 Å². The van der Waals surface area contributed by atoms with E-state index in [4.69, 9.17) is 24.7 Å². The maximum atomic E-state index is 11.7. The molecule has 0 aromatic rings. The van der Waals surface area contributed by atoms with Gasteiger partial charge in [-0.05, 0) is 0 Å². The van der Waals surface area contributed by atoms with Crippen molar-refractivity contribution in [1.82, 2.24) is 10.6 Å². The van der Waals surface area contributed by atoms with Crippen LogP contribution >= 0.6 is 70.6 Å². The lowest BCUT2D eigenvalue weighted by atomic mass is 10.7. The fourth-order valence-electron chi connectivity index (χ4n) is 2.10. The van der Waals surface area contributed by atoms with Crippen molar-refractivity contribution in [3.05, 3.63) is 0 Å². The molecule has 252 valence electrons. The predicted molar refractivity (Wildman–Crippen MR) is 183 cm³/mol. The van der Waals surface area contributed by atoms with Gasteiger partial charge in [-0.2, -0.15) is 9.78 Å². The SMILES string of the molecule is O=C(NCCSCSCC/N=C/OOCCSCSCCOC(=O)NCCSCSCC/N=C/OOCCO)OCCO. The second-order valence-corrected chi connectivity index (χ2v) is 15.0. The van der Waals surface area contributed by atoms with Crippen LogP contribution in [-0.2, 0) is 29.0 Å². The average Bonchev–Trinajstić information content (AvgIpc) is 3.01. The molecule has 0 aliphatic carbocycles. The summed E-state index contributed by atoms with van der Waals surface area (Å²) in [6.45, 7) is 2.98. The largest absolute Gasteiger partial charge is 0.449 e. The lowest BCUT2D eigenvalue weighted by Gasteiger charge is -2.07. The molecule has 0 heterocycles. The van der Waals surface area contributed by atoms with E-state index in [0.717, 1.165) is 49.8 Å². The summed E-state index contributed by atoms with van der Waals surface area (Å²) in [6, 6.07) is 0. The number of aliphatic imine (C=N–C) groups is 2. The number of amides is 2. The zero-order chi connectivity index (χ0) is 31.3. The van der Waals surface area contributed by atoms with Crippen LogP contribution in [-0.4, -0.2) is 151 Å². The third kappa shape index (κ3) is 37.5. The monoisotopic (exact) mass is 728 g/mol. The number of hydrogen-bond donors (Lipinski definition) is 4. The van der Waals surface area contributed by atoms with Gasteiger partial charge < -0.3 is 40.1 Å². The summed E-state index contributed by atoms with van der Waals surface area (Å²) in [5.41, 5.74) is 0. The molecule has 0 atom stereocenters. The summed E-state index contributed by atoms with van der Waals surface area (Å²) < 4.78 is 9.85. The number of carbonyl (C=O) groups is 2. The number of nitrogens with zero attached hydrogens (tertiary/aromatic N) is 2. The molecule has 0 saturated carbocycles. The third-order valence-electron chi connectivity index (χ3n) is 3.90. The lowest BCUT2D eigenvalue weighted by molar-refractivity contribution is -0.221. The van der Waals surface area contributed by atoms with E-state index in [9.17, 15) is 9.59 Å². The van der Waals surface area contributed by atoms with Crippen molar-refractivity contribution in [1.29, 1.82) is 0 Å². The van der Waals surface area contributed by atoms with Gasteiger partial charge in [0.25, 0.3) is 0 Å². The quantitative estimate of drug-likeness (QED) is 0.0198. The highest BCUT2D eigenvalue weighted by Crippen LogP contribution is 2.13. The Kier molecular flexibility index (Phi) is 37.1. The first kappa shape index (κ1) is 42.4. The van der Waals surface area contributed by atoms with E-state index in [2.05, 4.69) is 35.1 Å². The summed E-state index contributed by atoms with van der Waals surface area (Å²) in [5.74, 6) is 4.80. The highest BCUT2D eigenvalue weighted by atomic mass is 32.2. The Balaban J connectivity index is 3.24. The van der Waals surface area contributed by atoms with Crippen LogP contribution in [0.4, 0.5) is 9.59 Å². The molecule has 14 nitrogen and oxygen atoms in total. The number of nitrogens with one attached hydrogen (secondary N) is 2. The van der Waals surface area contributed by atoms with Crippen molar-refractivity contribution in [3.63, 3.8) is 0 Å². The van der Waals surface area contributed by atoms with Crippen LogP contribution < -0.4 is 10.6 Å². The molecule has 0 aliphatic rings. The van der Waals surface area contributed by atoms with E-state index < -0.39 is 12.2 Å². The highest BCUT2D eigenvalue weighted by molar-refractivity contribution is 8.16. The van der Waals surface area contributed by atoms with Crippen LogP contribution in [0.3, 0.4) is 0 Å². The number of ether oxygens (including phenoxy) is 2. The Morgan fingerprint density at radius 1 is 0.581 bits per heavy atom. The van der Waals surface area contributed by atoms with Gasteiger partial charge in [0.1, 0.15) is 26.4 Å². The van der Waals surface area contributed by atoms with Crippen LogP contribution in [0.1, 0.15) is 0 Å². The van der Waals surface area contributed by atoms with Crippen LogP contribution in [0.2, 0.25) is 0 Å². The fourth-order valence-corrected chi connectivity index (χ4v) is 7.69. The number of rotatable bonds is 32. The van der Waals surface area contributed by atoms with Gasteiger partial charge in [0.15, 0.2) is 0 Å². The molecule has 0 rings (SSSR count). The van der Waals surface area contributed by atoms with Crippen molar-refractivity contribution in [2.24, 2.45) is 9.98 Å². The van der Waals surface area contributed by atoms with E-state index in [1.54, 1.807) is 70.6 Å². The minimum Gasteiger partial charge on any atom is -0.449 e. The molecule has 0 aromatic carbocycles. The highest BCUT2D eigenvalue weighted by Gasteiger charge is 2.02. The van der Waals surface area contributed by atoms with E-state index >= 15 is 0 Å². The number of aliphatic hydroxyl groups excluding tert-OH is 2. The molecule has 0 fully saturated rings. The molecular formula is C23H44N4O10S6. The molecule has 4 N–H and O–H groups in total. The van der Waals surface area contributed by atoms with Gasteiger partial charge >= 0.3 is 12.2 Å². The Bertz CT molecular complexity index is 693. The molecule has 2 amide bonds. The minimum absolute atomic E-state index is 0.00677. The summed E-state index contributed by atoms with van der Waals surface area (Å²) in [7, 11) is 0. The smallest absolute Gasteiger partial charge is 0.407 e. The molecule has 0 unspecified atom stereocenters. The number of carbonyl (C=O) groups excluding carboxylic acids is 2. The van der Waals surface area contributed by atoms with Crippen LogP contribution in [0, 0.1) is 0 Å². The van der Waals surface area contributed by atoms with E-state index in [1.807, 2.05) is 0 Å². The van der Waals surface area contributed by atoms with Gasteiger partial charge in [0.05, 0.1) is 26.3 Å². The molecular weight excluding hydrogens is 685 g/mol. The number of aliphatic hydroxyl groups is 2. The topological polar surface area (TPSA) is 179 Å². The lowest BCUT2D eigenvalue weighted by Crippen LogP contribution is -2.27. The van der Waals surface area contributed by atoms with Gasteiger partial charge in [-0.25, -0.2) is 9.59 Å². The fraction of sp³-hybridized carbons (Fsp3) is 0.826. The van der Waals surface area contributed by atoms with Crippen molar-refractivity contribution in [2.75, 3.05) is 116 Å².